The molecular weight excluding hydrogens is 304 g/mol. The number of thiazole rings is 1. The molecule has 2 heterocycles. The smallest absolute Gasteiger partial charge is 0.326 e. The monoisotopic (exact) mass is 322 g/mol. The zero-order valence-corrected chi connectivity index (χ0v) is 13.3. The molecule has 0 spiro atoms. The summed E-state index contributed by atoms with van der Waals surface area (Å²) in [6.45, 7) is 3.80. The van der Waals surface area contributed by atoms with Gasteiger partial charge in [0.2, 0.25) is 0 Å². The number of unbranched alkanes of at least 4 members (excludes halogenated alkanes) is 1. The fourth-order valence-corrected chi connectivity index (χ4v) is 2.70. The molecule has 1 unspecified atom stereocenters. The van der Waals surface area contributed by atoms with Gasteiger partial charge in [-0.3, -0.25) is 4.79 Å². The van der Waals surface area contributed by atoms with Crippen molar-refractivity contribution in [3.8, 4) is 10.8 Å². The maximum atomic E-state index is 12.1. The zero-order valence-electron chi connectivity index (χ0n) is 12.5. The Balaban J connectivity index is 2.06. The van der Waals surface area contributed by atoms with Crippen molar-refractivity contribution in [2.75, 3.05) is 0 Å². The minimum atomic E-state index is -1.03. The van der Waals surface area contributed by atoms with E-state index >= 15 is 0 Å². The SMILES string of the molecule is CCCCC(NC(=O)c1csc(-c2ccc(C)o2)n1)C(=O)O. The molecule has 0 saturated heterocycles. The highest BCUT2D eigenvalue weighted by molar-refractivity contribution is 7.13. The third-order valence-electron chi connectivity index (χ3n) is 3.14. The Kier molecular flexibility index (Phi) is 5.32. The van der Waals surface area contributed by atoms with E-state index in [0.29, 0.717) is 17.2 Å². The number of carboxylic acids is 1. The van der Waals surface area contributed by atoms with Crippen molar-refractivity contribution in [1.82, 2.24) is 10.3 Å². The van der Waals surface area contributed by atoms with Gasteiger partial charge in [-0.1, -0.05) is 19.8 Å². The predicted octanol–water partition coefficient (Wildman–Crippen LogP) is 3.08. The molecule has 1 amide bonds. The second-order valence-electron chi connectivity index (χ2n) is 4.95. The van der Waals surface area contributed by atoms with E-state index in [1.165, 1.54) is 11.3 Å². The molecule has 6 nitrogen and oxygen atoms in total. The highest BCUT2D eigenvalue weighted by Crippen LogP contribution is 2.25. The molecular formula is C15H18N2O4S. The Hall–Kier alpha value is -2.15. The Bertz CT molecular complexity index is 662. The molecule has 7 heteroatoms. The topological polar surface area (TPSA) is 92.4 Å². The van der Waals surface area contributed by atoms with E-state index in [-0.39, 0.29) is 5.69 Å². The van der Waals surface area contributed by atoms with Crippen LogP contribution in [0.3, 0.4) is 0 Å². The maximum absolute atomic E-state index is 12.1. The lowest BCUT2D eigenvalue weighted by Gasteiger charge is -2.12. The summed E-state index contributed by atoms with van der Waals surface area (Å²) in [7, 11) is 0. The van der Waals surface area contributed by atoms with Crippen LogP contribution in [0.5, 0.6) is 0 Å². The van der Waals surface area contributed by atoms with Gasteiger partial charge in [-0.2, -0.15) is 0 Å². The second kappa shape index (κ2) is 7.22. The van der Waals surface area contributed by atoms with Crippen molar-refractivity contribution in [2.24, 2.45) is 0 Å². The fraction of sp³-hybridized carbons (Fsp3) is 0.400. The minimum absolute atomic E-state index is 0.205. The summed E-state index contributed by atoms with van der Waals surface area (Å²) in [6.07, 6.45) is 2.02. The number of furan rings is 1. The number of aliphatic carboxylic acids is 1. The number of carbonyl (C=O) groups is 2. The molecule has 2 N–H and O–H groups in total. The molecule has 0 radical (unpaired) electrons. The number of amides is 1. The van der Waals surface area contributed by atoms with Crippen LogP contribution in [0.25, 0.3) is 10.8 Å². The average molecular weight is 322 g/mol. The lowest BCUT2D eigenvalue weighted by Crippen LogP contribution is -2.40. The molecule has 1 atom stereocenters. The molecule has 118 valence electrons. The van der Waals surface area contributed by atoms with Gasteiger partial charge in [-0.25, -0.2) is 9.78 Å². The van der Waals surface area contributed by atoms with E-state index in [4.69, 9.17) is 9.52 Å². The molecule has 0 fully saturated rings. The van der Waals surface area contributed by atoms with Gasteiger partial charge >= 0.3 is 5.97 Å². The van der Waals surface area contributed by atoms with Gasteiger partial charge in [0.15, 0.2) is 10.8 Å². The van der Waals surface area contributed by atoms with Gasteiger partial charge < -0.3 is 14.8 Å². The summed E-state index contributed by atoms with van der Waals surface area (Å²) in [4.78, 5) is 27.5. The molecule has 0 aliphatic rings. The molecule has 2 rings (SSSR count). The largest absolute Gasteiger partial charge is 0.480 e. The highest BCUT2D eigenvalue weighted by Gasteiger charge is 2.22. The van der Waals surface area contributed by atoms with Crippen LogP contribution >= 0.6 is 11.3 Å². The van der Waals surface area contributed by atoms with Gasteiger partial charge in [0, 0.05) is 5.38 Å². The summed E-state index contributed by atoms with van der Waals surface area (Å²) >= 11 is 1.28. The Morgan fingerprint density at radius 3 is 2.82 bits per heavy atom. The van der Waals surface area contributed by atoms with Crippen molar-refractivity contribution in [1.29, 1.82) is 0 Å². The van der Waals surface area contributed by atoms with Crippen LogP contribution in [0.1, 0.15) is 42.4 Å². The number of hydrogen-bond donors (Lipinski definition) is 2. The number of carbonyl (C=O) groups excluding carboxylic acids is 1. The number of nitrogens with one attached hydrogen (secondary N) is 1. The van der Waals surface area contributed by atoms with Crippen LogP contribution in [0.2, 0.25) is 0 Å². The van der Waals surface area contributed by atoms with E-state index in [1.54, 1.807) is 11.4 Å². The van der Waals surface area contributed by atoms with Crippen molar-refractivity contribution in [3.05, 3.63) is 29.0 Å². The first-order valence-corrected chi connectivity index (χ1v) is 7.95. The first-order chi connectivity index (χ1) is 10.5. The Labute approximate surface area is 132 Å². The molecule has 2 aromatic heterocycles. The van der Waals surface area contributed by atoms with Crippen LogP contribution in [0.4, 0.5) is 0 Å². The summed E-state index contributed by atoms with van der Waals surface area (Å²) in [6, 6.07) is 2.72. The van der Waals surface area contributed by atoms with Crippen LogP contribution in [0, 0.1) is 6.92 Å². The standard InChI is InChI=1S/C15H18N2O4S/c1-3-4-5-10(15(19)20)16-13(18)11-8-22-14(17-11)12-7-6-9(2)21-12/h6-8,10H,3-5H2,1-2H3,(H,16,18)(H,19,20). The Morgan fingerprint density at radius 1 is 1.45 bits per heavy atom. The number of nitrogens with zero attached hydrogens (tertiary/aromatic N) is 1. The fourth-order valence-electron chi connectivity index (χ4n) is 1.94. The molecule has 2 aromatic rings. The van der Waals surface area contributed by atoms with E-state index in [2.05, 4.69) is 10.3 Å². The van der Waals surface area contributed by atoms with E-state index in [1.807, 2.05) is 19.9 Å². The Morgan fingerprint density at radius 2 is 2.23 bits per heavy atom. The van der Waals surface area contributed by atoms with Gasteiger partial charge in [0.25, 0.3) is 5.91 Å². The van der Waals surface area contributed by atoms with Crippen LogP contribution in [-0.4, -0.2) is 28.0 Å². The van der Waals surface area contributed by atoms with Crippen molar-refractivity contribution in [3.63, 3.8) is 0 Å². The van der Waals surface area contributed by atoms with Crippen molar-refractivity contribution < 1.29 is 19.1 Å². The van der Waals surface area contributed by atoms with Gasteiger partial charge in [-0.05, 0) is 25.5 Å². The third-order valence-corrected chi connectivity index (χ3v) is 3.99. The summed E-state index contributed by atoms with van der Waals surface area (Å²) in [5, 5.41) is 13.8. The number of aryl methyl sites for hydroxylation is 1. The van der Waals surface area contributed by atoms with Gasteiger partial charge in [-0.15, -0.1) is 11.3 Å². The van der Waals surface area contributed by atoms with E-state index in [0.717, 1.165) is 18.6 Å². The molecule has 0 saturated carbocycles. The van der Waals surface area contributed by atoms with E-state index < -0.39 is 17.9 Å². The molecule has 22 heavy (non-hydrogen) atoms. The number of carboxylic acid groups (broad SMARTS) is 1. The van der Waals surface area contributed by atoms with Gasteiger partial charge in [0.05, 0.1) is 0 Å². The summed E-state index contributed by atoms with van der Waals surface area (Å²) < 4.78 is 5.46. The number of hydrogen-bond acceptors (Lipinski definition) is 5. The quantitative estimate of drug-likeness (QED) is 0.817. The van der Waals surface area contributed by atoms with Crippen LogP contribution in [-0.2, 0) is 4.79 Å². The number of aromatic nitrogens is 1. The van der Waals surface area contributed by atoms with Gasteiger partial charge in [0.1, 0.15) is 17.5 Å². The van der Waals surface area contributed by atoms with Crippen molar-refractivity contribution >= 4 is 23.2 Å². The summed E-state index contributed by atoms with van der Waals surface area (Å²) in [5.41, 5.74) is 0.205. The molecule has 0 aromatic carbocycles. The lowest BCUT2D eigenvalue weighted by atomic mass is 10.1. The van der Waals surface area contributed by atoms with Crippen molar-refractivity contribution in [2.45, 2.75) is 39.2 Å². The third kappa shape index (κ3) is 3.94. The molecule has 0 bridgehead atoms. The number of rotatable bonds is 7. The maximum Gasteiger partial charge on any atom is 0.326 e. The summed E-state index contributed by atoms with van der Waals surface area (Å²) in [5.74, 6) is -0.141. The molecule has 0 aliphatic carbocycles. The lowest BCUT2D eigenvalue weighted by molar-refractivity contribution is -0.139. The van der Waals surface area contributed by atoms with Crippen LogP contribution in [0.15, 0.2) is 21.9 Å². The zero-order chi connectivity index (χ0) is 16.1. The highest BCUT2D eigenvalue weighted by atomic mass is 32.1. The second-order valence-corrected chi connectivity index (χ2v) is 5.81. The first-order valence-electron chi connectivity index (χ1n) is 7.07. The normalized spacial score (nSPS) is 12.1. The van der Waals surface area contributed by atoms with E-state index in [9.17, 15) is 9.59 Å². The first kappa shape index (κ1) is 16.2. The molecule has 0 aliphatic heterocycles. The predicted molar refractivity (Wildman–Crippen MR) is 83.0 cm³/mol. The minimum Gasteiger partial charge on any atom is -0.480 e. The van der Waals surface area contributed by atoms with Crippen LogP contribution < -0.4 is 5.32 Å². The average Bonchev–Trinajstić information content (AvgIpc) is 3.11.